The molecule has 0 radical (unpaired) electrons. The molecular weight excluding hydrogens is 376 g/mol. The fraction of sp³-hybridized carbons (Fsp3) is 0.176. The van der Waals surface area contributed by atoms with Gasteiger partial charge in [0.05, 0.1) is 10.6 Å². The molecule has 0 aliphatic heterocycles. The highest BCUT2D eigenvalue weighted by Gasteiger charge is 2.19. The molecule has 0 unspecified atom stereocenters. The quantitative estimate of drug-likeness (QED) is 0.486. The number of thiophene rings is 1. The average Bonchev–Trinajstić information content (AvgIpc) is 2.93. The number of anilines is 2. The third kappa shape index (κ3) is 3.47. The maximum Gasteiger partial charge on any atom is 0.289 e. The van der Waals surface area contributed by atoms with E-state index < -0.39 is 10.8 Å². The number of halogens is 1. The Bertz CT molecular complexity index is 1020. The van der Waals surface area contributed by atoms with Gasteiger partial charge in [0.25, 0.3) is 11.6 Å². The molecule has 1 aromatic carbocycles. The summed E-state index contributed by atoms with van der Waals surface area (Å²) < 4.78 is 0. The second-order valence-electron chi connectivity index (χ2n) is 5.63. The molecule has 0 aliphatic carbocycles. The lowest BCUT2D eigenvalue weighted by atomic mass is 10.2. The van der Waals surface area contributed by atoms with Crippen molar-refractivity contribution in [3.8, 4) is 0 Å². The summed E-state index contributed by atoms with van der Waals surface area (Å²) in [7, 11) is 0. The van der Waals surface area contributed by atoms with Crippen molar-refractivity contribution in [3.05, 3.63) is 56.0 Å². The fourth-order valence-electron chi connectivity index (χ4n) is 2.52. The van der Waals surface area contributed by atoms with E-state index in [2.05, 4.69) is 17.2 Å². The van der Waals surface area contributed by atoms with Gasteiger partial charge in [0.15, 0.2) is 0 Å². The van der Waals surface area contributed by atoms with Crippen LogP contribution in [-0.4, -0.2) is 15.8 Å². The number of nitro benzene ring substituents is 1. The van der Waals surface area contributed by atoms with Crippen LogP contribution in [0.2, 0.25) is 5.02 Å². The fourth-order valence-corrected chi connectivity index (χ4v) is 3.71. The predicted molar refractivity (Wildman–Crippen MR) is 104 cm³/mol. The Morgan fingerprint density at radius 3 is 2.85 bits per heavy atom. The van der Waals surface area contributed by atoms with E-state index in [1.54, 1.807) is 0 Å². The number of benzene rings is 1. The van der Waals surface area contributed by atoms with Crippen molar-refractivity contribution in [2.75, 3.05) is 11.1 Å². The Labute approximate surface area is 157 Å². The summed E-state index contributed by atoms with van der Waals surface area (Å²) in [6.45, 7) is 2.07. The number of nitrogens with two attached hydrogens (primary N) is 1. The first kappa shape index (κ1) is 18.1. The number of nitrogen functional groups attached to an aromatic ring is 1. The maximum atomic E-state index is 12.6. The largest absolute Gasteiger partial charge is 0.397 e. The minimum absolute atomic E-state index is 0.00188. The summed E-state index contributed by atoms with van der Waals surface area (Å²) in [5.74, 6) is -0.445. The molecule has 9 heteroatoms. The summed E-state index contributed by atoms with van der Waals surface area (Å²) in [6, 6.07) is 7.83. The molecule has 26 heavy (non-hydrogen) atoms. The smallest absolute Gasteiger partial charge is 0.289 e. The van der Waals surface area contributed by atoms with Crippen molar-refractivity contribution in [2.45, 2.75) is 19.8 Å². The number of carbonyl (C=O) groups is 1. The SMILES string of the molecule is CCCc1ccc2c(N)c(C(=O)Nc3ccc(Cl)c([N+](=O)[O-])c3)sc2n1. The molecule has 0 spiro atoms. The number of fused-ring (bicyclic) bond motifs is 1. The number of aryl methyl sites for hydroxylation is 1. The number of amides is 1. The Balaban J connectivity index is 1.91. The van der Waals surface area contributed by atoms with Crippen LogP contribution in [0.5, 0.6) is 0 Å². The van der Waals surface area contributed by atoms with Crippen LogP contribution in [0, 0.1) is 10.1 Å². The van der Waals surface area contributed by atoms with E-state index in [1.165, 1.54) is 29.5 Å². The molecule has 3 rings (SSSR count). The van der Waals surface area contributed by atoms with Gasteiger partial charge >= 0.3 is 0 Å². The topological polar surface area (TPSA) is 111 Å². The van der Waals surface area contributed by atoms with Gasteiger partial charge in [-0.05, 0) is 30.7 Å². The monoisotopic (exact) mass is 390 g/mol. The lowest BCUT2D eigenvalue weighted by Gasteiger charge is -2.05. The van der Waals surface area contributed by atoms with E-state index in [0.29, 0.717) is 15.4 Å². The maximum absolute atomic E-state index is 12.6. The number of carbonyl (C=O) groups excluding carboxylic acids is 1. The van der Waals surface area contributed by atoms with E-state index in [-0.39, 0.29) is 16.4 Å². The zero-order chi connectivity index (χ0) is 18.8. The molecule has 134 valence electrons. The first-order valence-electron chi connectivity index (χ1n) is 7.84. The normalized spacial score (nSPS) is 10.8. The number of nitrogens with one attached hydrogen (secondary N) is 1. The molecule has 0 saturated carbocycles. The summed E-state index contributed by atoms with van der Waals surface area (Å²) in [5, 5.41) is 14.3. The molecule has 0 bridgehead atoms. The second-order valence-corrected chi connectivity index (χ2v) is 7.03. The van der Waals surface area contributed by atoms with Crippen molar-refractivity contribution in [2.24, 2.45) is 0 Å². The molecule has 0 fully saturated rings. The average molecular weight is 391 g/mol. The van der Waals surface area contributed by atoms with Gasteiger partial charge in [-0.15, -0.1) is 11.3 Å². The van der Waals surface area contributed by atoms with Crippen molar-refractivity contribution in [3.63, 3.8) is 0 Å². The van der Waals surface area contributed by atoms with Crippen LogP contribution in [-0.2, 0) is 6.42 Å². The molecule has 2 aromatic heterocycles. The minimum atomic E-state index is -0.606. The summed E-state index contributed by atoms with van der Waals surface area (Å²) in [6.07, 6.45) is 1.83. The van der Waals surface area contributed by atoms with Gasteiger partial charge < -0.3 is 11.1 Å². The first-order valence-corrected chi connectivity index (χ1v) is 9.03. The van der Waals surface area contributed by atoms with Gasteiger partial charge in [-0.2, -0.15) is 0 Å². The van der Waals surface area contributed by atoms with Gasteiger partial charge in [0.1, 0.15) is 14.7 Å². The Morgan fingerprint density at radius 2 is 2.15 bits per heavy atom. The van der Waals surface area contributed by atoms with Gasteiger partial charge in [-0.25, -0.2) is 4.98 Å². The second kappa shape index (κ2) is 7.27. The first-order chi connectivity index (χ1) is 12.4. The number of pyridine rings is 1. The number of hydrogen-bond acceptors (Lipinski definition) is 6. The highest BCUT2D eigenvalue weighted by molar-refractivity contribution is 7.21. The van der Waals surface area contributed by atoms with Crippen molar-refractivity contribution >= 4 is 56.1 Å². The Morgan fingerprint density at radius 1 is 1.38 bits per heavy atom. The van der Waals surface area contributed by atoms with Gasteiger partial charge in [-0.3, -0.25) is 14.9 Å². The molecule has 3 aromatic rings. The van der Waals surface area contributed by atoms with Crippen molar-refractivity contribution in [1.29, 1.82) is 0 Å². The molecule has 0 saturated heterocycles. The van der Waals surface area contributed by atoms with Crippen LogP contribution in [0.15, 0.2) is 30.3 Å². The Hall–Kier alpha value is -2.71. The predicted octanol–water partition coefficient (Wildman–Crippen LogP) is 4.64. The van der Waals surface area contributed by atoms with Gasteiger partial charge in [0.2, 0.25) is 0 Å². The highest BCUT2D eigenvalue weighted by atomic mass is 35.5. The third-order valence-corrected chi connectivity index (χ3v) is 5.20. The zero-order valence-electron chi connectivity index (χ0n) is 13.8. The number of nitrogens with zero attached hydrogens (tertiary/aromatic N) is 2. The lowest BCUT2D eigenvalue weighted by molar-refractivity contribution is -0.384. The number of rotatable bonds is 5. The number of aromatic nitrogens is 1. The van der Waals surface area contributed by atoms with E-state index >= 15 is 0 Å². The molecule has 0 atom stereocenters. The highest BCUT2D eigenvalue weighted by Crippen LogP contribution is 2.34. The molecule has 2 heterocycles. The molecule has 0 aliphatic rings. The van der Waals surface area contributed by atoms with E-state index in [4.69, 9.17) is 17.3 Å². The zero-order valence-corrected chi connectivity index (χ0v) is 15.4. The van der Waals surface area contributed by atoms with Crippen LogP contribution < -0.4 is 11.1 Å². The molecule has 7 nitrogen and oxygen atoms in total. The summed E-state index contributed by atoms with van der Waals surface area (Å²) >= 11 is 6.98. The van der Waals surface area contributed by atoms with Crippen LogP contribution in [0.1, 0.15) is 28.7 Å². The standard InChI is InChI=1S/C17H15ClN4O3S/c1-2-3-9-4-6-11-14(19)15(26-17(11)21-9)16(23)20-10-5-7-12(18)13(8-10)22(24)25/h4-8H,2-3,19H2,1H3,(H,20,23). The molecule has 3 N–H and O–H groups in total. The molecular formula is C17H15ClN4O3S. The summed E-state index contributed by atoms with van der Waals surface area (Å²) in [5.41, 5.74) is 7.38. The Kier molecular flexibility index (Phi) is 5.06. The van der Waals surface area contributed by atoms with E-state index in [9.17, 15) is 14.9 Å². The summed E-state index contributed by atoms with van der Waals surface area (Å²) in [4.78, 5) is 28.5. The van der Waals surface area contributed by atoms with Crippen molar-refractivity contribution < 1.29 is 9.72 Å². The lowest BCUT2D eigenvalue weighted by Crippen LogP contribution is -2.12. The van der Waals surface area contributed by atoms with E-state index in [1.807, 2.05) is 12.1 Å². The van der Waals surface area contributed by atoms with Gasteiger partial charge in [-0.1, -0.05) is 24.9 Å². The van der Waals surface area contributed by atoms with Crippen LogP contribution in [0.25, 0.3) is 10.2 Å². The van der Waals surface area contributed by atoms with Crippen LogP contribution in [0.3, 0.4) is 0 Å². The minimum Gasteiger partial charge on any atom is -0.397 e. The molecule has 1 amide bonds. The van der Waals surface area contributed by atoms with Gasteiger partial charge in [0, 0.05) is 22.8 Å². The van der Waals surface area contributed by atoms with E-state index in [0.717, 1.165) is 23.9 Å². The number of hydrogen-bond donors (Lipinski definition) is 2. The van der Waals surface area contributed by atoms with Crippen molar-refractivity contribution in [1.82, 2.24) is 4.98 Å². The number of nitro groups is 1. The third-order valence-electron chi connectivity index (χ3n) is 3.76. The van der Waals surface area contributed by atoms with Crippen LogP contribution in [0.4, 0.5) is 17.1 Å². The van der Waals surface area contributed by atoms with Crippen LogP contribution >= 0.6 is 22.9 Å².